The molecule has 1 N–H and O–H groups in total. The first-order valence-corrected chi connectivity index (χ1v) is 7.82. The average Bonchev–Trinajstić information content (AvgIpc) is 2.71. The van der Waals surface area contributed by atoms with Gasteiger partial charge in [0.25, 0.3) is 5.91 Å². The Morgan fingerprint density at radius 3 is 2.29 bits per heavy atom. The van der Waals surface area contributed by atoms with Crippen molar-refractivity contribution < 1.29 is 14.7 Å². The van der Waals surface area contributed by atoms with Gasteiger partial charge in [-0.15, -0.1) is 0 Å². The Bertz CT molecular complexity index is 835. The molecule has 3 rings (SSSR count). The molecule has 0 saturated carbocycles. The van der Waals surface area contributed by atoms with Crippen LogP contribution in [0.25, 0.3) is 0 Å². The zero-order chi connectivity index (χ0) is 17.6. The number of phenols is 1. The van der Waals surface area contributed by atoms with Crippen molar-refractivity contribution in [2.24, 2.45) is 0 Å². The van der Waals surface area contributed by atoms with E-state index in [9.17, 15) is 14.7 Å². The van der Waals surface area contributed by atoms with E-state index >= 15 is 0 Å². The molecule has 1 aliphatic heterocycles. The second-order valence-corrected chi connectivity index (χ2v) is 6.47. The van der Waals surface area contributed by atoms with E-state index in [1.54, 1.807) is 51.2 Å². The molecule has 0 radical (unpaired) electrons. The van der Waals surface area contributed by atoms with Crippen molar-refractivity contribution in [3.63, 3.8) is 0 Å². The zero-order valence-corrected chi connectivity index (χ0v) is 14.3. The SMILES string of the molecule is Cc1cc(Cl)ccc1N1C(=O)N(C)C(C)(c2ccc(O)cc2)C1=O. The summed E-state index contributed by atoms with van der Waals surface area (Å²) in [7, 11) is 1.60. The number of halogens is 1. The number of carbonyl (C=O) groups is 2. The van der Waals surface area contributed by atoms with Crippen molar-refractivity contribution in [3.05, 3.63) is 58.6 Å². The largest absolute Gasteiger partial charge is 0.508 e. The Morgan fingerprint density at radius 2 is 1.71 bits per heavy atom. The second-order valence-electron chi connectivity index (χ2n) is 6.03. The first-order chi connectivity index (χ1) is 11.3. The summed E-state index contributed by atoms with van der Waals surface area (Å²) in [5.74, 6) is -0.238. The Hall–Kier alpha value is -2.53. The number of urea groups is 1. The van der Waals surface area contributed by atoms with Crippen LogP contribution in [-0.4, -0.2) is 29.0 Å². The monoisotopic (exact) mass is 344 g/mol. The van der Waals surface area contributed by atoms with Gasteiger partial charge in [-0.3, -0.25) is 4.79 Å². The van der Waals surface area contributed by atoms with Gasteiger partial charge in [-0.1, -0.05) is 23.7 Å². The third kappa shape index (κ3) is 2.24. The second kappa shape index (κ2) is 5.53. The van der Waals surface area contributed by atoms with Gasteiger partial charge in [-0.25, -0.2) is 9.69 Å². The molecule has 0 bridgehead atoms. The van der Waals surface area contributed by atoms with Gasteiger partial charge in [0.1, 0.15) is 11.3 Å². The van der Waals surface area contributed by atoms with E-state index in [1.165, 1.54) is 21.9 Å². The molecule has 1 heterocycles. The average molecular weight is 345 g/mol. The lowest BCUT2D eigenvalue weighted by Gasteiger charge is -2.28. The normalized spacial score (nSPS) is 20.8. The fraction of sp³-hybridized carbons (Fsp3) is 0.222. The molecular formula is C18H17ClN2O3. The molecular weight excluding hydrogens is 328 g/mol. The van der Waals surface area contributed by atoms with Gasteiger partial charge in [0.05, 0.1) is 5.69 Å². The number of hydrogen-bond donors (Lipinski definition) is 1. The number of rotatable bonds is 2. The minimum Gasteiger partial charge on any atom is -0.508 e. The van der Waals surface area contributed by atoms with Crippen LogP contribution < -0.4 is 4.90 Å². The maximum atomic E-state index is 13.1. The molecule has 6 heteroatoms. The smallest absolute Gasteiger partial charge is 0.332 e. The maximum absolute atomic E-state index is 13.1. The minimum absolute atomic E-state index is 0.104. The molecule has 24 heavy (non-hydrogen) atoms. The summed E-state index contributed by atoms with van der Waals surface area (Å²) >= 11 is 5.97. The predicted octanol–water partition coefficient (Wildman–Crippen LogP) is 3.67. The highest BCUT2D eigenvalue weighted by molar-refractivity contribution is 6.31. The first kappa shape index (κ1) is 16.3. The third-order valence-electron chi connectivity index (χ3n) is 4.60. The number of carbonyl (C=O) groups excluding carboxylic acids is 2. The van der Waals surface area contributed by atoms with Gasteiger partial charge in [-0.2, -0.15) is 0 Å². The molecule has 5 nitrogen and oxygen atoms in total. The molecule has 3 amide bonds. The van der Waals surface area contributed by atoms with Crippen LogP contribution >= 0.6 is 11.6 Å². The predicted molar refractivity (Wildman–Crippen MR) is 92.3 cm³/mol. The third-order valence-corrected chi connectivity index (χ3v) is 4.83. The lowest BCUT2D eigenvalue weighted by molar-refractivity contribution is -0.124. The Kier molecular flexibility index (Phi) is 3.76. The molecule has 124 valence electrons. The highest BCUT2D eigenvalue weighted by Crippen LogP contribution is 2.40. The molecule has 1 fully saturated rings. The number of benzene rings is 2. The van der Waals surface area contributed by atoms with E-state index in [4.69, 9.17) is 11.6 Å². The van der Waals surface area contributed by atoms with E-state index in [0.29, 0.717) is 16.3 Å². The Labute approximate surface area is 145 Å². The number of amides is 3. The van der Waals surface area contributed by atoms with E-state index in [-0.39, 0.29) is 11.7 Å². The van der Waals surface area contributed by atoms with Crippen LogP contribution in [0, 0.1) is 6.92 Å². The van der Waals surface area contributed by atoms with Crippen molar-refractivity contribution in [2.75, 3.05) is 11.9 Å². The highest BCUT2D eigenvalue weighted by atomic mass is 35.5. The number of nitrogens with zero attached hydrogens (tertiary/aromatic N) is 2. The van der Waals surface area contributed by atoms with Crippen molar-refractivity contribution in [1.29, 1.82) is 0 Å². The number of likely N-dealkylation sites (N-methyl/N-ethyl adjacent to an activating group) is 1. The molecule has 1 aliphatic rings. The summed E-state index contributed by atoms with van der Waals surface area (Å²) in [5.41, 5.74) is 0.753. The Balaban J connectivity index is 2.11. The molecule has 1 saturated heterocycles. The summed E-state index contributed by atoms with van der Waals surface area (Å²) in [5, 5.41) is 10.0. The highest BCUT2D eigenvalue weighted by Gasteiger charge is 2.54. The van der Waals surface area contributed by atoms with Gasteiger partial charge >= 0.3 is 6.03 Å². The van der Waals surface area contributed by atoms with Crippen LogP contribution in [0.3, 0.4) is 0 Å². The molecule has 0 aromatic heterocycles. The van der Waals surface area contributed by atoms with Crippen LogP contribution in [0.5, 0.6) is 5.75 Å². The Morgan fingerprint density at radius 1 is 1.08 bits per heavy atom. The van der Waals surface area contributed by atoms with Gasteiger partial charge in [0.2, 0.25) is 0 Å². The fourth-order valence-electron chi connectivity index (χ4n) is 2.97. The maximum Gasteiger partial charge on any atom is 0.332 e. The minimum atomic E-state index is -1.14. The summed E-state index contributed by atoms with van der Waals surface area (Å²) in [4.78, 5) is 28.5. The van der Waals surface area contributed by atoms with Crippen molar-refractivity contribution >= 4 is 29.2 Å². The van der Waals surface area contributed by atoms with Gasteiger partial charge < -0.3 is 10.0 Å². The van der Waals surface area contributed by atoms with Crippen LogP contribution in [0.15, 0.2) is 42.5 Å². The van der Waals surface area contributed by atoms with Crippen molar-refractivity contribution in [2.45, 2.75) is 19.4 Å². The topological polar surface area (TPSA) is 60.9 Å². The van der Waals surface area contributed by atoms with E-state index in [0.717, 1.165) is 5.56 Å². The van der Waals surface area contributed by atoms with Crippen LogP contribution in [0.2, 0.25) is 5.02 Å². The van der Waals surface area contributed by atoms with Crippen LogP contribution in [0.1, 0.15) is 18.1 Å². The van der Waals surface area contributed by atoms with Gasteiger partial charge in [0, 0.05) is 12.1 Å². The lowest BCUT2D eigenvalue weighted by Crippen LogP contribution is -2.42. The summed E-state index contributed by atoms with van der Waals surface area (Å²) in [6.45, 7) is 3.50. The van der Waals surface area contributed by atoms with Crippen LogP contribution in [0.4, 0.5) is 10.5 Å². The van der Waals surface area contributed by atoms with E-state index in [2.05, 4.69) is 0 Å². The first-order valence-electron chi connectivity index (χ1n) is 7.45. The van der Waals surface area contributed by atoms with E-state index < -0.39 is 11.6 Å². The molecule has 2 aromatic rings. The van der Waals surface area contributed by atoms with Gasteiger partial charge in [-0.05, 0) is 55.3 Å². The van der Waals surface area contributed by atoms with Gasteiger partial charge in [0.15, 0.2) is 0 Å². The number of imide groups is 1. The standard InChI is InChI=1S/C18H17ClN2O3/c1-11-10-13(19)6-9-15(11)21-16(23)18(2,20(3)17(21)24)12-4-7-14(22)8-5-12/h4-10,22H,1-3H3. The molecule has 0 aliphatic carbocycles. The number of phenolic OH excluding ortho intramolecular Hbond substituents is 1. The molecule has 0 spiro atoms. The van der Waals surface area contributed by atoms with Crippen LogP contribution in [-0.2, 0) is 10.3 Å². The number of aryl methyl sites for hydroxylation is 1. The van der Waals surface area contributed by atoms with Crippen molar-refractivity contribution in [3.8, 4) is 5.75 Å². The number of anilines is 1. The van der Waals surface area contributed by atoms with Crippen molar-refractivity contribution in [1.82, 2.24) is 4.90 Å². The lowest BCUT2D eigenvalue weighted by atomic mass is 9.90. The summed E-state index contributed by atoms with van der Waals surface area (Å²) in [6.07, 6.45) is 0. The molecule has 1 atom stereocenters. The number of hydrogen-bond acceptors (Lipinski definition) is 3. The summed E-state index contributed by atoms with van der Waals surface area (Å²) in [6, 6.07) is 10.9. The zero-order valence-electron chi connectivity index (χ0n) is 13.6. The number of aromatic hydroxyl groups is 1. The summed E-state index contributed by atoms with van der Waals surface area (Å²) < 4.78 is 0. The van der Waals surface area contributed by atoms with E-state index in [1.807, 2.05) is 0 Å². The fourth-order valence-corrected chi connectivity index (χ4v) is 3.20. The molecule has 1 unspecified atom stereocenters. The quantitative estimate of drug-likeness (QED) is 0.845. The molecule has 2 aromatic carbocycles.